The number of carbonyl (C=O) groups excluding carboxylic acids is 1. The number of carbonyl (C=O) groups is 1. The van der Waals surface area contributed by atoms with Crippen LogP contribution in [0.4, 0.5) is 9.52 Å². The molecule has 0 spiro atoms. The standard InChI is InChI=1S/C16H16FN5OS.ClH/c1-21(2)7-8-22(15(23)13-10-18-5-6-19-13)16-20-12-4-3-11(17)9-14(12)24-16;/h3-6,9-10H,7-8H2,1-2H3;1H. The molecule has 0 saturated carbocycles. The van der Waals surface area contributed by atoms with Gasteiger partial charge in [0.25, 0.3) is 5.91 Å². The first-order valence-electron chi connectivity index (χ1n) is 7.33. The number of benzene rings is 1. The van der Waals surface area contributed by atoms with Crippen LogP contribution in [0.3, 0.4) is 0 Å². The third-order valence-corrected chi connectivity index (χ3v) is 4.41. The predicted octanol–water partition coefficient (Wildman–Crippen LogP) is 2.86. The van der Waals surface area contributed by atoms with Crippen molar-refractivity contribution in [2.45, 2.75) is 0 Å². The molecule has 0 bridgehead atoms. The Bertz CT molecular complexity index is 858. The van der Waals surface area contributed by atoms with Gasteiger partial charge in [0.05, 0.1) is 16.4 Å². The van der Waals surface area contributed by atoms with Crippen LogP contribution in [0.15, 0.2) is 36.8 Å². The summed E-state index contributed by atoms with van der Waals surface area (Å²) in [6.07, 6.45) is 4.42. The molecule has 0 unspecified atom stereocenters. The minimum atomic E-state index is -0.321. The zero-order valence-corrected chi connectivity index (χ0v) is 15.4. The maximum Gasteiger partial charge on any atom is 0.280 e. The molecule has 0 N–H and O–H groups in total. The summed E-state index contributed by atoms with van der Waals surface area (Å²) in [5.41, 5.74) is 0.917. The predicted molar refractivity (Wildman–Crippen MR) is 99.1 cm³/mol. The highest BCUT2D eigenvalue weighted by molar-refractivity contribution is 7.22. The minimum absolute atomic E-state index is 0. The van der Waals surface area contributed by atoms with Gasteiger partial charge in [-0.25, -0.2) is 14.4 Å². The molecule has 1 amide bonds. The van der Waals surface area contributed by atoms with Gasteiger partial charge in [0.15, 0.2) is 5.13 Å². The number of fused-ring (bicyclic) bond motifs is 1. The van der Waals surface area contributed by atoms with E-state index < -0.39 is 0 Å². The van der Waals surface area contributed by atoms with Gasteiger partial charge in [-0.15, -0.1) is 12.4 Å². The number of hydrogen-bond donors (Lipinski definition) is 0. The fourth-order valence-electron chi connectivity index (χ4n) is 2.13. The summed E-state index contributed by atoms with van der Waals surface area (Å²) in [4.78, 5) is 28.8. The number of nitrogens with zero attached hydrogens (tertiary/aromatic N) is 5. The number of amides is 1. The van der Waals surface area contributed by atoms with Crippen molar-refractivity contribution >= 4 is 45.0 Å². The topological polar surface area (TPSA) is 62.2 Å². The van der Waals surface area contributed by atoms with Crippen molar-refractivity contribution < 1.29 is 9.18 Å². The largest absolute Gasteiger partial charge is 0.308 e. The van der Waals surface area contributed by atoms with Crippen LogP contribution >= 0.6 is 23.7 Å². The second-order valence-electron chi connectivity index (χ2n) is 5.46. The van der Waals surface area contributed by atoms with E-state index in [1.54, 1.807) is 11.0 Å². The Morgan fingerprint density at radius 1 is 1.24 bits per heavy atom. The van der Waals surface area contributed by atoms with Gasteiger partial charge in [0, 0.05) is 25.5 Å². The number of likely N-dealkylation sites (N-methyl/N-ethyl adjacent to an activating group) is 1. The van der Waals surface area contributed by atoms with E-state index in [1.807, 2.05) is 19.0 Å². The smallest absolute Gasteiger partial charge is 0.280 e. The molecule has 0 atom stereocenters. The Balaban J connectivity index is 0.00000225. The Morgan fingerprint density at radius 3 is 2.72 bits per heavy atom. The Hall–Kier alpha value is -2.16. The lowest BCUT2D eigenvalue weighted by Crippen LogP contribution is -2.37. The molecule has 2 aromatic heterocycles. The summed E-state index contributed by atoms with van der Waals surface area (Å²) < 4.78 is 14.1. The highest BCUT2D eigenvalue weighted by Gasteiger charge is 2.22. The van der Waals surface area contributed by atoms with Crippen molar-refractivity contribution in [1.29, 1.82) is 0 Å². The molecule has 132 valence electrons. The molecule has 6 nitrogen and oxygen atoms in total. The Morgan fingerprint density at radius 2 is 2.04 bits per heavy atom. The van der Waals surface area contributed by atoms with Gasteiger partial charge in [-0.05, 0) is 32.3 Å². The van der Waals surface area contributed by atoms with Crippen LogP contribution in [0.1, 0.15) is 10.5 Å². The lowest BCUT2D eigenvalue weighted by molar-refractivity contribution is 0.0980. The third-order valence-electron chi connectivity index (χ3n) is 3.37. The summed E-state index contributed by atoms with van der Waals surface area (Å²) in [5, 5.41) is 0.521. The first-order valence-corrected chi connectivity index (χ1v) is 8.15. The third kappa shape index (κ3) is 4.47. The molecule has 0 saturated heterocycles. The molecule has 0 aliphatic carbocycles. The van der Waals surface area contributed by atoms with Gasteiger partial charge in [-0.2, -0.15) is 0 Å². The van der Waals surface area contributed by atoms with Gasteiger partial charge >= 0.3 is 0 Å². The van der Waals surface area contributed by atoms with Gasteiger partial charge in [-0.3, -0.25) is 14.7 Å². The van der Waals surface area contributed by atoms with Crippen LogP contribution in [0.25, 0.3) is 10.2 Å². The molecule has 0 fully saturated rings. The lowest BCUT2D eigenvalue weighted by Gasteiger charge is -2.21. The number of thiazole rings is 1. The maximum absolute atomic E-state index is 13.4. The molecule has 1 aromatic carbocycles. The fraction of sp³-hybridized carbons (Fsp3) is 0.250. The van der Waals surface area contributed by atoms with Crippen LogP contribution < -0.4 is 4.90 Å². The maximum atomic E-state index is 13.4. The highest BCUT2D eigenvalue weighted by atomic mass is 35.5. The van der Waals surface area contributed by atoms with Crippen molar-refractivity contribution in [2.75, 3.05) is 32.1 Å². The van der Waals surface area contributed by atoms with Gasteiger partial charge in [-0.1, -0.05) is 11.3 Å². The van der Waals surface area contributed by atoms with E-state index in [2.05, 4.69) is 15.0 Å². The van der Waals surface area contributed by atoms with E-state index in [0.717, 1.165) is 0 Å². The van der Waals surface area contributed by atoms with Crippen molar-refractivity contribution in [3.05, 3.63) is 48.3 Å². The number of anilines is 1. The molecule has 25 heavy (non-hydrogen) atoms. The van der Waals surface area contributed by atoms with Crippen molar-refractivity contribution in [3.8, 4) is 0 Å². The average Bonchev–Trinajstić information content (AvgIpc) is 2.98. The van der Waals surface area contributed by atoms with Gasteiger partial charge in [0.1, 0.15) is 11.5 Å². The SMILES string of the molecule is CN(C)CCN(C(=O)c1cnccn1)c1nc2ccc(F)cc2s1.Cl. The molecule has 0 radical (unpaired) electrons. The first-order chi connectivity index (χ1) is 11.5. The van der Waals surface area contributed by atoms with Crippen LogP contribution in [-0.4, -0.2) is 52.9 Å². The van der Waals surface area contributed by atoms with Crippen molar-refractivity contribution in [3.63, 3.8) is 0 Å². The van der Waals surface area contributed by atoms with E-state index in [0.29, 0.717) is 28.4 Å². The minimum Gasteiger partial charge on any atom is -0.308 e. The van der Waals surface area contributed by atoms with Crippen LogP contribution in [0.2, 0.25) is 0 Å². The van der Waals surface area contributed by atoms with E-state index in [-0.39, 0.29) is 29.8 Å². The van der Waals surface area contributed by atoms with Gasteiger partial charge < -0.3 is 4.90 Å². The molecular formula is C16H17ClFN5OS. The second-order valence-corrected chi connectivity index (χ2v) is 6.47. The number of halogens is 2. The van der Waals surface area contributed by atoms with E-state index in [4.69, 9.17) is 0 Å². The summed E-state index contributed by atoms with van der Waals surface area (Å²) >= 11 is 1.28. The fourth-order valence-corrected chi connectivity index (χ4v) is 3.15. The lowest BCUT2D eigenvalue weighted by atomic mass is 10.3. The Kier molecular flexibility index (Phi) is 6.35. The monoisotopic (exact) mass is 381 g/mol. The van der Waals surface area contributed by atoms with Crippen molar-refractivity contribution in [2.24, 2.45) is 0 Å². The number of rotatable bonds is 5. The quantitative estimate of drug-likeness (QED) is 0.680. The average molecular weight is 382 g/mol. The molecule has 3 rings (SSSR count). The van der Waals surface area contributed by atoms with Crippen LogP contribution in [-0.2, 0) is 0 Å². The first kappa shape index (κ1) is 19.2. The summed E-state index contributed by atoms with van der Waals surface area (Å²) in [7, 11) is 3.86. The molecule has 9 heteroatoms. The van der Waals surface area contributed by atoms with Crippen molar-refractivity contribution in [1.82, 2.24) is 19.9 Å². The zero-order valence-electron chi connectivity index (χ0n) is 13.7. The Labute approximate surface area is 154 Å². The molecule has 3 aromatic rings. The number of aromatic nitrogens is 3. The summed E-state index contributed by atoms with van der Waals surface area (Å²) in [6, 6.07) is 4.40. The molecule has 2 heterocycles. The zero-order chi connectivity index (χ0) is 17.1. The van der Waals surface area contributed by atoms with Crippen LogP contribution in [0.5, 0.6) is 0 Å². The molecule has 0 aliphatic heterocycles. The molecule has 0 aliphatic rings. The summed E-state index contributed by atoms with van der Waals surface area (Å²) in [6.45, 7) is 1.11. The second kappa shape index (κ2) is 8.28. The summed E-state index contributed by atoms with van der Waals surface area (Å²) in [5.74, 6) is -0.595. The van der Waals surface area contributed by atoms with E-state index >= 15 is 0 Å². The van der Waals surface area contributed by atoms with E-state index in [1.165, 1.54) is 42.1 Å². The molecular weight excluding hydrogens is 365 g/mol. The normalized spacial score (nSPS) is 10.7. The highest BCUT2D eigenvalue weighted by Crippen LogP contribution is 2.30. The van der Waals surface area contributed by atoms with Crippen LogP contribution in [0, 0.1) is 5.82 Å². The number of hydrogen-bond acceptors (Lipinski definition) is 6. The van der Waals surface area contributed by atoms with E-state index in [9.17, 15) is 9.18 Å². The van der Waals surface area contributed by atoms with Gasteiger partial charge in [0.2, 0.25) is 0 Å².